The summed E-state index contributed by atoms with van der Waals surface area (Å²) in [5, 5.41) is 15.2. The quantitative estimate of drug-likeness (QED) is 0.496. The first-order chi connectivity index (χ1) is 15.0. The van der Waals surface area contributed by atoms with Crippen molar-refractivity contribution < 1.29 is 9.84 Å². The van der Waals surface area contributed by atoms with Gasteiger partial charge in [0.2, 0.25) is 0 Å². The molecule has 0 aromatic heterocycles. The highest BCUT2D eigenvalue weighted by molar-refractivity contribution is 6.30. The van der Waals surface area contributed by atoms with Gasteiger partial charge in [0, 0.05) is 28.8 Å². The maximum absolute atomic E-state index is 10.9. The van der Waals surface area contributed by atoms with Crippen LogP contribution in [0.15, 0.2) is 65.7 Å². The van der Waals surface area contributed by atoms with Gasteiger partial charge >= 0.3 is 0 Å². The lowest BCUT2D eigenvalue weighted by Gasteiger charge is -2.32. The second-order valence-corrected chi connectivity index (χ2v) is 8.33. The smallest absolute Gasteiger partial charge is 0.162 e. The molecule has 3 aromatic carbocycles. The maximum Gasteiger partial charge on any atom is 0.162 e. The number of phenols is 1. The van der Waals surface area contributed by atoms with Crippen LogP contribution >= 0.6 is 11.6 Å². The van der Waals surface area contributed by atoms with Crippen molar-refractivity contribution in [1.29, 1.82) is 0 Å². The van der Waals surface area contributed by atoms with E-state index in [-0.39, 0.29) is 18.0 Å². The van der Waals surface area contributed by atoms with Gasteiger partial charge in [-0.15, -0.1) is 0 Å². The van der Waals surface area contributed by atoms with E-state index in [0.29, 0.717) is 23.8 Å². The Kier molecular flexibility index (Phi) is 6.30. The van der Waals surface area contributed by atoms with Crippen LogP contribution in [0.3, 0.4) is 0 Å². The number of nitrogens with zero attached hydrogens (tertiary/aromatic N) is 1. The highest BCUT2D eigenvalue weighted by Gasteiger charge is 2.29. The number of benzene rings is 3. The van der Waals surface area contributed by atoms with Crippen LogP contribution in [-0.2, 0) is 0 Å². The minimum atomic E-state index is -0.222. The number of hydrogen-bond acceptors (Lipinski definition) is 4. The first kappa shape index (κ1) is 21.4. The first-order valence-electron chi connectivity index (χ1n) is 10.6. The summed E-state index contributed by atoms with van der Waals surface area (Å²) in [4.78, 5) is 5.06. The fourth-order valence-electron chi connectivity index (χ4n) is 4.11. The van der Waals surface area contributed by atoms with E-state index >= 15 is 0 Å². The molecule has 3 aromatic rings. The Morgan fingerprint density at radius 3 is 2.55 bits per heavy atom. The van der Waals surface area contributed by atoms with Crippen LogP contribution in [-0.4, -0.2) is 17.4 Å². The van der Waals surface area contributed by atoms with Crippen molar-refractivity contribution >= 4 is 17.3 Å². The predicted octanol–water partition coefficient (Wildman–Crippen LogP) is 6.28. The van der Waals surface area contributed by atoms with E-state index in [0.717, 1.165) is 22.4 Å². The maximum atomic E-state index is 10.9. The topological polar surface area (TPSA) is 53.8 Å². The Hall–Kier alpha value is -2.82. The standard InChI is InChI=1S/C26H27ClN2O2/c1-4-31-24-7-5-6-21(25(24)30)23-15-22(18-9-11-19(27)12-10-18)28-26(29-23)20-13-8-16(2)14-17(20)3/h5-14,23,26,29-30H,4,15H2,1-3H3/t23-,26-/m0/s1. The van der Waals surface area contributed by atoms with Gasteiger partial charge in [0.25, 0.3) is 0 Å². The molecule has 31 heavy (non-hydrogen) atoms. The summed E-state index contributed by atoms with van der Waals surface area (Å²) in [6.45, 7) is 6.61. The monoisotopic (exact) mass is 434 g/mol. The van der Waals surface area contributed by atoms with E-state index in [1.54, 1.807) is 6.07 Å². The van der Waals surface area contributed by atoms with Gasteiger partial charge in [0.15, 0.2) is 11.5 Å². The second-order valence-electron chi connectivity index (χ2n) is 7.90. The zero-order valence-electron chi connectivity index (χ0n) is 18.0. The summed E-state index contributed by atoms with van der Waals surface area (Å²) in [7, 11) is 0. The second kappa shape index (κ2) is 9.13. The van der Waals surface area contributed by atoms with Crippen molar-refractivity contribution in [2.75, 3.05) is 6.61 Å². The summed E-state index contributed by atoms with van der Waals surface area (Å²) in [5.41, 5.74) is 6.35. The third-order valence-corrected chi connectivity index (χ3v) is 5.90. The molecule has 0 saturated carbocycles. The zero-order chi connectivity index (χ0) is 22.0. The highest BCUT2D eigenvalue weighted by atomic mass is 35.5. The molecule has 0 saturated heterocycles. The summed E-state index contributed by atoms with van der Waals surface area (Å²) in [6.07, 6.45) is 0.423. The lowest BCUT2D eigenvalue weighted by atomic mass is 9.92. The molecule has 1 aliphatic rings. The number of aryl methyl sites for hydroxylation is 2. The zero-order valence-corrected chi connectivity index (χ0v) is 18.8. The van der Waals surface area contributed by atoms with Gasteiger partial charge in [-0.05, 0) is 55.7 Å². The molecule has 0 bridgehead atoms. The van der Waals surface area contributed by atoms with Crippen LogP contribution in [0.2, 0.25) is 5.02 Å². The molecule has 0 aliphatic carbocycles. The number of halogens is 1. The SMILES string of the molecule is CCOc1cccc([C@@H]2CC(c3ccc(Cl)cc3)=N[C@H](c3ccc(C)cc3C)N2)c1O. The van der Waals surface area contributed by atoms with Crippen LogP contribution < -0.4 is 10.1 Å². The number of nitrogens with one attached hydrogen (secondary N) is 1. The Balaban J connectivity index is 1.77. The summed E-state index contributed by atoms with van der Waals surface area (Å²) in [5.74, 6) is 0.680. The molecular formula is C26H27ClN2O2. The highest BCUT2D eigenvalue weighted by Crippen LogP contribution is 2.39. The molecule has 0 unspecified atom stereocenters. The van der Waals surface area contributed by atoms with Gasteiger partial charge in [-0.1, -0.05) is 59.6 Å². The molecule has 160 valence electrons. The van der Waals surface area contributed by atoms with Crippen molar-refractivity contribution in [3.63, 3.8) is 0 Å². The fourth-order valence-corrected chi connectivity index (χ4v) is 4.23. The van der Waals surface area contributed by atoms with Crippen molar-refractivity contribution in [1.82, 2.24) is 5.32 Å². The largest absolute Gasteiger partial charge is 0.504 e. The lowest BCUT2D eigenvalue weighted by molar-refractivity contribution is 0.313. The van der Waals surface area contributed by atoms with Crippen molar-refractivity contribution in [3.05, 3.63) is 93.5 Å². The molecule has 0 fully saturated rings. The summed E-state index contributed by atoms with van der Waals surface area (Å²) < 4.78 is 5.61. The van der Waals surface area contributed by atoms with Crippen LogP contribution in [0.25, 0.3) is 0 Å². The summed E-state index contributed by atoms with van der Waals surface area (Å²) >= 11 is 6.10. The van der Waals surface area contributed by atoms with E-state index in [1.807, 2.05) is 43.3 Å². The molecule has 0 amide bonds. The number of aromatic hydroxyl groups is 1. The first-order valence-corrected chi connectivity index (χ1v) is 10.9. The third-order valence-electron chi connectivity index (χ3n) is 5.64. The van der Waals surface area contributed by atoms with Gasteiger partial charge in [-0.25, -0.2) is 0 Å². The molecule has 4 rings (SSSR count). The number of rotatable bonds is 5. The molecule has 0 radical (unpaired) electrons. The molecule has 4 nitrogen and oxygen atoms in total. The van der Waals surface area contributed by atoms with Gasteiger partial charge in [-0.2, -0.15) is 0 Å². The molecule has 1 heterocycles. The third kappa shape index (κ3) is 4.60. The predicted molar refractivity (Wildman–Crippen MR) is 126 cm³/mol. The average molecular weight is 435 g/mol. The van der Waals surface area contributed by atoms with Crippen molar-refractivity contribution in [3.8, 4) is 11.5 Å². The van der Waals surface area contributed by atoms with Crippen molar-refractivity contribution in [2.45, 2.75) is 39.4 Å². The van der Waals surface area contributed by atoms with Crippen LogP contribution in [0, 0.1) is 13.8 Å². The van der Waals surface area contributed by atoms with E-state index in [2.05, 4.69) is 37.4 Å². The minimum Gasteiger partial charge on any atom is -0.504 e. The number of ether oxygens (including phenoxy) is 1. The number of aliphatic imine (C=N–C) groups is 1. The van der Waals surface area contributed by atoms with Gasteiger partial charge in [0.1, 0.15) is 6.17 Å². The number of hydrogen-bond donors (Lipinski definition) is 2. The van der Waals surface area contributed by atoms with E-state index in [1.165, 1.54) is 11.1 Å². The van der Waals surface area contributed by atoms with Crippen molar-refractivity contribution in [2.24, 2.45) is 4.99 Å². The van der Waals surface area contributed by atoms with E-state index in [9.17, 15) is 5.11 Å². The van der Waals surface area contributed by atoms with Gasteiger partial charge in [-0.3, -0.25) is 10.3 Å². The summed E-state index contributed by atoms with van der Waals surface area (Å²) in [6, 6.07) is 19.7. The van der Waals surface area contributed by atoms with Crippen LogP contribution in [0.4, 0.5) is 0 Å². The average Bonchev–Trinajstić information content (AvgIpc) is 2.75. The Morgan fingerprint density at radius 2 is 1.84 bits per heavy atom. The minimum absolute atomic E-state index is 0.116. The molecule has 5 heteroatoms. The van der Waals surface area contributed by atoms with Crippen LogP contribution in [0.5, 0.6) is 11.5 Å². The Bertz CT molecular complexity index is 1110. The number of para-hydroxylation sites is 1. The van der Waals surface area contributed by atoms with Gasteiger partial charge in [0.05, 0.1) is 6.61 Å². The Morgan fingerprint density at radius 1 is 1.06 bits per heavy atom. The van der Waals surface area contributed by atoms with E-state index < -0.39 is 0 Å². The molecular weight excluding hydrogens is 408 g/mol. The molecule has 0 spiro atoms. The molecule has 1 aliphatic heterocycles. The Labute approximate surface area is 188 Å². The fraction of sp³-hybridized carbons (Fsp3) is 0.269. The van der Waals surface area contributed by atoms with Gasteiger partial charge < -0.3 is 9.84 Å². The molecule has 2 N–H and O–H groups in total. The lowest BCUT2D eigenvalue weighted by Crippen LogP contribution is -2.33. The van der Waals surface area contributed by atoms with E-state index in [4.69, 9.17) is 21.3 Å². The van der Waals surface area contributed by atoms with Crippen LogP contribution in [0.1, 0.15) is 53.4 Å². The molecule has 2 atom stereocenters. The number of phenolic OH excluding ortho intramolecular Hbond substituents is 1. The normalized spacial score (nSPS) is 18.5.